The normalized spacial score (nSPS) is 13.4. The van der Waals surface area contributed by atoms with E-state index in [0.717, 1.165) is 35.0 Å². The second-order valence-corrected chi connectivity index (χ2v) is 10.2. The van der Waals surface area contributed by atoms with E-state index in [1.807, 2.05) is 60.7 Å². The van der Waals surface area contributed by atoms with Gasteiger partial charge in [-0.25, -0.2) is 9.97 Å². The Morgan fingerprint density at radius 1 is 1.02 bits per heavy atom. The van der Waals surface area contributed by atoms with Gasteiger partial charge in [-0.1, -0.05) is 12.1 Å². The number of amides is 2. The molecule has 2 amide bonds. The highest BCUT2D eigenvalue weighted by molar-refractivity contribution is 7.17. The number of hydrogen-bond acceptors (Lipinski definition) is 9. The van der Waals surface area contributed by atoms with E-state index in [2.05, 4.69) is 30.8 Å². The van der Waals surface area contributed by atoms with Crippen molar-refractivity contribution < 1.29 is 19.1 Å². The number of hydrogen-bond donors (Lipinski definition) is 3. The van der Waals surface area contributed by atoms with Gasteiger partial charge in [0.05, 0.1) is 42.3 Å². The average molecular weight is 559 g/mol. The number of carbonyl (C=O) groups excluding carboxylic acids is 2. The van der Waals surface area contributed by atoms with E-state index >= 15 is 0 Å². The first-order valence-corrected chi connectivity index (χ1v) is 13.7. The van der Waals surface area contributed by atoms with Crippen LogP contribution in [0.4, 0.5) is 17.3 Å². The number of thiophene rings is 1. The average Bonchev–Trinajstić information content (AvgIpc) is 3.48. The first-order valence-electron chi connectivity index (χ1n) is 12.9. The van der Waals surface area contributed by atoms with Gasteiger partial charge in [-0.2, -0.15) is 0 Å². The van der Waals surface area contributed by atoms with Crippen LogP contribution in [0.5, 0.6) is 5.75 Å². The molecule has 2 aromatic heterocycles. The molecule has 10 nitrogen and oxygen atoms in total. The number of carbonyl (C=O) groups is 2. The first kappa shape index (κ1) is 27.3. The van der Waals surface area contributed by atoms with Gasteiger partial charge in [0.15, 0.2) is 0 Å². The fourth-order valence-electron chi connectivity index (χ4n) is 4.13. The number of morpholine rings is 1. The van der Waals surface area contributed by atoms with Gasteiger partial charge in [-0.15, -0.1) is 11.3 Å². The van der Waals surface area contributed by atoms with E-state index in [-0.39, 0.29) is 11.8 Å². The summed E-state index contributed by atoms with van der Waals surface area (Å²) < 4.78 is 10.6. The molecule has 0 aliphatic carbocycles. The van der Waals surface area contributed by atoms with Crippen molar-refractivity contribution in [2.45, 2.75) is 6.54 Å². The summed E-state index contributed by atoms with van der Waals surface area (Å²) in [7, 11) is 1.62. The molecule has 2 aromatic carbocycles. The van der Waals surface area contributed by atoms with Crippen LogP contribution in [0.1, 0.15) is 15.2 Å². The Bertz CT molecular complexity index is 1450. The molecule has 0 saturated carbocycles. The minimum Gasteiger partial charge on any atom is -0.497 e. The van der Waals surface area contributed by atoms with Crippen LogP contribution in [0, 0.1) is 0 Å². The van der Waals surface area contributed by atoms with Crippen LogP contribution >= 0.6 is 11.3 Å². The molecule has 0 radical (unpaired) electrons. The maximum Gasteiger partial charge on any atom is 0.261 e. The molecule has 0 bridgehead atoms. The van der Waals surface area contributed by atoms with Crippen molar-refractivity contribution in [3.63, 3.8) is 0 Å². The van der Waals surface area contributed by atoms with Crippen LogP contribution in [0.3, 0.4) is 0 Å². The molecule has 3 heterocycles. The third kappa shape index (κ3) is 7.41. The van der Waals surface area contributed by atoms with Crippen LogP contribution in [-0.4, -0.2) is 66.6 Å². The summed E-state index contributed by atoms with van der Waals surface area (Å²) in [5.74, 6) is 0.978. The summed E-state index contributed by atoms with van der Waals surface area (Å²) in [5.41, 5.74) is 3.17. The highest BCUT2D eigenvalue weighted by Gasteiger charge is 2.15. The highest BCUT2D eigenvalue weighted by atomic mass is 32.1. The molecule has 11 heteroatoms. The van der Waals surface area contributed by atoms with Gasteiger partial charge in [0.25, 0.3) is 5.91 Å². The minimum absolute atomic E-state index is 0.0528. The van der Waals surface area contributed by atoms with Gasteiger partial charge in [0, 0.05) is 37.2 Å². The molecule has 40 heavy (non-hydrogen) atoms. The third-order valence-electron chi connectivity index (χ3n) is 6.22. The zero-order chi connectivity index (χ0) is 27.7. The Morgan fingerprint density at radius 3 is 2.62 bits per heavy atom. The molecule has 0 spiro atoms. The maximum atomic E-state index is 12.7. The summed E-state index contributed by atoms with van der Waals surface area (Å²) in [4.78, 5) is 37.5. The monoisotopic (exact) mass is 558 g/mol. The van der Waals surface area contributed by atoms with E-state index in [1.165, 1.54) is 11.3 Å². The van der Waals surface area contributed by atoms with Gasteiger partial charge >= 0.3 is 0 Å². The number of nitrogens with one attached hydrogen (secondary N) is 3. The van der Waals surface area contributed by atoms with Crippen LogP contribution in [0.25, 0.3) is 10.6 Å². The predicted octanol–water partition coefficient (Wildman–Crippen LogP) is 4.16. The van der Waals surface area contributed by atoms with Gasteiger partial charge in [-0.3, -0.25) is 14.5 Å². The zero-order valence-corrected chi connectivity index (χ0v) is 22.9. The van der Waals surface area contributed by atoms with Crippen LogP contribution in [0.15, 0.2) is 72.9 Å². The van der Waals surface area contributed by atoms with Crippen molar-refractivity contribution >= 4 is 40.5 Å². The van der Waals surface area contributed by atoms with Crippen molar-refractivity contribution in [2.24, 2.45) is 0 Å². The first-order chi connectivity index (χ1) is 19.6. The van der Waals surface area contributed by atoms with Gasteiger partial charge in [0.2, 0.25) is 11.9 Å². The fraction of sp³-hybridized carbons (Fsp3) is 0.241. The van der Waals surface area contributed by atoms with Gasteiger partial charge in [-0.05, 0) is 60.2 Å². The zero-order valence-electron chi connectivity index (χ0n) is 22.1. The Labute approximate surface area is 236 Å². The lowest BCUT2D eigenvalue weighted by atomic mass is 10.2. The van der Waals surface area contributed by atoms with Crippen LogP contribution in [0.2, 0.25) is 0 Å². The Balaban J connectivity index is 1.15. The molecule has 1 fully saturated rings. The SMILES string of the molecule is COc1cccc(CNC(=O)c2ccc(-c3ccnc(Nc4ccc(NC(=O)CN5CCOCC5)cc4)n3)s2)c1. The molecular formula is C29H30N6O4S. The largest absolute Gasteiger partial charge is 0.497 e. The lowest BCUT2D eigenvalue weighted by Crippen LogP contribution is -2.41. The number of benzene rings is 2. The molecule has 0 unspecified atom stereocenters. The number of methoxy groups -OCH3 is 1. The van der Waals surface area contributed by atoms with Crippen LogP contribution < -0.4 is 20.7 Å². The highest BCUT2D eigenvalue weighted by Crippen LogP contribution is 2.28. The molecular weight excluding hydrogens is 528 g/mol. The molecule has 5 rings (SSSR count). The number of nitrogens with zero attached hydrogens (tertiary/aromatic N) is 3. The van der Waals surface area contributed by atoms with E-state index in [4.69, 9.17) is 9.47 Å². The van der Waals surface area contributed by atoms with Crippen LogP contribution in [-0.2, 0) is 16.1 Å². The van der Waals surface area contributed by atoms with Crippen molar-refractivity contribution in [2.75, 3.05) is 50.6 Å². The number of anilines is 3. The standard InChI is InChI=1S/C29H30N6O4S/c1-38-23-4-2-3-20(17-23)18-31-28(37)26-10-9-25(40-26)24-11-12-30-29(34-24)33-22-7-5-21(6-8-22)32-27(36)19-35-13-15-39-16-14-35/h2-12,17H,13-16,18-19H2,1H3,(H,31,37)(H,32,36)(H,30,33,34). The molecule has 1 saturated heterocycles. The Hall–Kier alpha value is -4.32. The summed E-state index contributed by atoms with van der Waals surface area (Å²) in [6.45, 7) is 3.59. The molecule has 0 atom stereocenters. The second kappa shape index (κ2) is 13.2. The Morgan fingerprint density at radius 2 is 1.82 bits per heavy atom. The molecule has 206 valence electrons. The van der Waals surface area contributed by atoms with E-state index in [9.17, 15) is 9.59 Å². The third-order valence-corrected chi connectivity index (χ3v) is 7.33. The lowest BCUT2D eigenvalue weighted by molar-refractivity contribution is -0.118. The topological polar surface area (TPSA) is 118 Å². The molecule has 3 N–H and O–H groups in total. The van der Waals surface area contributed by atoms with Crippen molar-refractivity contribution in [3.05, 3.63) is 83.4 Å². The van der Waals surface area contributed by atoms with E-state index in [1.54, 1.807) is 19.4 Å². The maximum absolute atomic E-state index is 12.7. The Kier molecular flexibility index (Phi) is 8.96. The fourth-order valence-corrected chi connectivity index (χ4v) is 5.03. The summed E-state index contributed by atoms with van der Waals surface area (Å²) in [5, 5.41) is 9.07. The van der Waals surface area contributed by atoms with Crippen molar-refractivity contribution in [1.29, 1.82) is 0 Å². The number of rotatable bonds is 10. The number of aromatic nitrogens is 2. The summed E-state index contributed by atoms with van der Waals surface area (Å²) >= 11 is 1.37. The van der Waals surface area contributed by atoms with E-state index in [0.29, 0.717) is 48.5 Å². The van der Waals surface area contributed by atoms with E-state index < -0.39 is 0 Å². The van der Waals surface area contributed by atoms with Gasteiger partial charge < -0.3 is 25.4 Å². The smallest absolute Gasteiger partial charge is 0.261 e. The van der Waals surface area contributed by atoms with Crippen molar-refractivity contribution in [3.8, 4) is 16.3 Å². The second-order valence-electron chi connectivity index (χ2n) is 9.10. The molecule has 1 aliphatic heterocycles. The summed E-state index contributed by atoms with van der Waals surface area (Å²) in [6.07, 6.45) is 1.67. The molecule has 4 aromatic rings. The minimum atomic E-state index is -0.149. The number of ether oxygens (including phenoxy) is 2. The van der Waals surface area contributed by atoms with Gasteiger partial charge in [0.1, 0.15) is 5.75 Å². The quantitative estimate of drug-likeness (QED) is 0.266. The van der Waals surface area contributed by atoms with Crippen molar-refractivity contribution in [1.82, 2.24) is 20.2 Å². The molecule has 1 aliphatic rings. The lowest BCUT2D eigenvalue weighted by Gasteiger charge is -2.25. The predicted molar refractivity (Wildman–Crippen MR) is 155 cm³/mol. The summed E-state index contributed by atoms with van der Waals surface area (Å²) in [6, 6.07) is 20.5.